The minimum absolute atomic E-state index is 0.0788. The summed E-state index contributed by atoms with van der Waals surface area (Å²) in [5, 5.41) is 0. The van der Waals surface area contributed by atoms with Crippen molar-refractivity contribution >= 4 is 22.6 Å². The molecule has 0 saturated heterocycles. The molecule has 0 spiro atoms. The van der Waals surface area contributed by atoms with Gasteiger partial charge in [0.2, 0.25) is 5.89 Å². The van der Waals surface area contributed by atoms with Gasteiger partial charge in [-0.2, -0.15) is 0 Å². The highest BCUT2D eigenvalue weighted by molar-refractivity contribution is 6.16. The van der Waals surface area contributed by atoms with E-state index in [1.165, 1.54) is 6.07 Å². The van der Waals surface area contributed by atoms with Crippen molar-refractivity contribution in [3.63, 3.8) is 0 Å². The molecule has 0 bridgehead atoms. The van der Waals surface area contributed by atoms with Crippen LogP contribution in [-0.2, 0) is 12.4 Å². The van der Waals surface area contributed by atoms with E-state index in [2.05, 4.69) is 9.97 Å². The molecule has 4 nitrogen and oxygen atoms in total. The number of aromatic nitrogens is 3. The van der Waals surface area contributed by atoms with Crippen molar-refractivity contribution in [2.45, 2.75) is 19.3 Å². The largest absolute Gasteiger partial charge is 0.444 e. The quantitative estimate of drug-likeness (QED) is 0.696. The molecule has 0 amide bonds. The lowest BCUT2D eigenvalue weighted by atomic mass is 10.3. The molecule has 0 aliphatic rings. The Hall–Kier alpha value is -1.95. The molecule has 3 rings (SSSR count). The van der Waals surface area contributed by atoms with Crippen LogP contribution in [0, 0.1) is 18.6 Å². The van der Waals surface area contributed by atoms with Crippen LogP contribution in [-0.4, -0.2) is 14.5 Å². The van der Waals surface area contributed by atoms with E-state index in [4.69, 9.17) is 16.0 Å². The van der Waals surface area contributed by atoms with Crippen molar-refractivity contribution in [3.8, 4) is 0 Å². The van der Waals surface area contributed by atoms with E-state index < -0.39 is 11.6 Å². The summed E-state index contributed by atoms with van der Waals surface area (Å²) < 4.78 is 34.1. The average molecular weight is 298 g/mol. The number of fused-ring (bicyclic) bond motifs is 1. The fourth-order valence-corrected chi connectivity index (χ4v) is 2.29. The second-order valence-electron chi connectivity index (χ2n) is 4.37. The number of halogens is 3. The van der Waals surface area contributed by atoms with Crippen molar-refractivity contribution in [1.29, 1.82) is 0 Å². The zero-order chi connectivity index (χ0) is 14.3. The van der Waals surface area contributed by atoms with Crippen LogP contribution >= 0.6 is 11.6 Å². The predicted molar refractivity (Wildman–Crippen MR) is 69.5 cm³/mol. The number of rotatable bonds is 3. The van der Waals surface area contributed by atoms with Crippen molar-refractivity contribution in [2.75, 3.05) is 0 Å². The van der Waals surface area contributed by atoms with Crippen LogP contribution in [0.2, 0.25) is 0 Å². The van der Waals surface area contributed by atoms with Crippen LogP contribution in [0.5, 0.6) is 0 Å². The van der Waals surface area contributed by atoms with Gasteiger partial charge in [0, 0.05) is 6.07 Å². The second kappa shape index (κ2) is 4.86. The van der Waals surface area contributed by atoms with Gasteiger partial charge in [-0.3, -0.25) is 0 Å². The van der Waals surface area contributed by atoms with Gasteiger partial charge in [0.25, 0.3) is 0 Å². The maximum absolute atomic E-state index is 13.7. The smallest absolute Gasteiger partial charge is 0.214 e. The van der Waals surface area contributed by atoms with Crippen LogP contribution in [0.4, 0.5) is 8.78 Å². The summed E-state index contributed by atoms with van der Waals surface area (Å²) >= 11 is 5.82. The normalized spacial score (nSPS) is 11.4. The van der Waals surface area contributed by atoms with Gasteiger partial charge in [-0.15, -0.1) is 11.6 Å². The number of oxazole rings is 1. The van der Waals surface area contributed by atoms with Gasteiger partial charge in [0.1, 0.15) is 29.5 Å². The van der Waals surface area contributed by atoms with E-state index in [1.807, 2.05) is 0 Å². The molecule has 2 heterocycles. The Morgan fingerprint density at radius 2 is 2.15 bits per heavy atom. The maximum atomic E-state index is 13.7. The molecule has 0 atom stereocenters. The Bertz CT molecular complexity index is 781. The molecule has 0 saturated carbocycles. The van der Waals surface area contributed by atoms with Gasteiger partial charge >= 0.3 is 0 Å². The molecule has 0 aliphatic carbocycles. The molecule has 0 aliphatic heterocycles. The van der Waals surface area contributed by atoms with Crippen molar-refractivity contribution in [3.05, 3.63) is 47.4 Å². The van der Waals surface area contributed by atoms with Gasteiger partial charge in [-0.05, 0) is 13.0 Å². The van der Waals surface area contributed by atoms with Crippen LogP contribution in [0.15, 0.2) is 22.7 Å². The molecule has 0 fully saturated rings. The third-order valence-electron chi connectivity index (χ3n) is 2.93. The van der Waals surface area contributed by atoms with Crippen LogP contribution in [0.1, 0.15) is 17.5 Å². The monoisotopic (exact) mass is 297 g/mol. The second-order valence-corrected chi connectivity index (χ2v) is 4.64. The van der Waals surface area contributed by atoms with E-state index in [-0.39, 0.29) is 17.9 Å². The molecule has 2 aromatic heterocycles. The lowest BCUT2D eigenvalue weighted by molar-refractivity contribution is 0.457. The van der Waals surface area contributed by atoms with Crippen molar-refractivity contribution in [2.24, 2.45) is 0 Å². The first-order valence-corrected chi connectivity index (χ1v) is 6.43. The first kappa shape index (κ1) is 13.1. The summed E-state index contributed by atoms with van der Waals surface area (Å²) in [6.45, 7) is 1.99. The zero-order valence-electron chi connectivity index (χ0n) is 10.5. The number of hydrogen-bond donors (Lipinski definition) is 0. The van der Waals surface area contributed by atoms with E-state index in [0.717, 1.165) is 6.07 Å². The van der Waals surface area contributed by atoms with Gasteiger partial charge in [-0.1, -0.05) is 0 Å². The van der Waals surface area contributed by atoms with E-state index in [9.17, 15) is 8.78 Å². The Labute approximate surface area is 118 Å². The lowest BCUT2D eigenvalue weighted by Gasteiger charge is -2.04. The van der Waals surface area contributed by atoms with E-state index in [0.29, 0.717) is 23.0 Å². The molecule has 7 heteroatoms. The summed E-state index contributed by atoms with van der Waals surface area (Å²) in [5.41, 5.74) is 0.416. The van der Waals surface area contributed by atoms with E-state index in [1.54, 1.807) is 17.7 Å². The molecule has 0 N–H and O–H groups in total. The molecule has 0 radical (unpaired) electrons. The summed E-state index contributed by atoms with van der Waals surface area (Å²) in [6.07, 6.45) is 1.58. The van der Waals surface area contributed by atoms with Crippen LogP contribution in [0.25, 0.3) is 11.0 Å². The number of hydrogen-bond acceptors (Lipinski definition) is 3. The average Bonchev–Trinajstić information content (AvgIpc) is 2.95. The third-order valence-corrected chi connectivity index (χ3v) is 3.17. The van der Waals surface area contributed by atoms with Crippen molar-refractivity contribution in [1.82, 2.24) is 14.5 Å². The van der Waals surface area contributed by atoms with Crippen LogP contribution in [0.3, 0.4) is 0 Å². The van der Waals surface area contributed by atoms with Gasteiger partial charge < -0.3 is 8.98 Å². The first-order chi connectivity index (χ1) is 9.58. The number of alkyl halides is 1. The Balaban J connectivity index is 2.17. The molecule has 20 heavy (non-hydrogen) atoms. The zero-order valence-corrected chi connectivity index (χ0v) is 11.3. The summed E-state index contributed by atoms with van der Waals surface area (Å²) in [4.78, 5) is 8.17. The van der Waals surface area contributed by atoms with Gasteiger partial charge in [-0.25, -0.2) is 18.7 Å². The highest BCUT2D eigenvalue weighted by Crippen LogP contribution is 2.23. The summed E-state index contributed by atoms with van der Waals surface area (Å²) in [7, 11) is 0. The fourth-order valence-electron chi connectivity index (χ4n) is 2.09. The molecular weight excluding hydrogens is 288 g/mol. The number of aryl methyl sites for hydroxylation is 1. The standard InChI is InChI=1S/C13H10ClF2N3O/c1-7-5-17-12(20-7)6-19-10-3-8(15)2-9(16)13(10)18-11(19)4-14/h2-3,5H,4,6H2,1H3. The Kier molecular flexibility index (Phi) is 3.17. The molecule has 3 aromatic rings. The third kappa shape index (κ3) is 2.16. The molecule has 1 aromatic carbocycles. The SMILES string of the molecule is Cc1cnc(Cn2c(CCl)nc3c(F)cc(F)cc32)o1. The number of nitrogens with zero attached hydrogens (tertiary/aromatic N) is 3. The highest BCUT2D eigenvalue weighted by Gasteiger charge is 2.16. The van der Waals surface area contributed by atoms with E-state index >= 15 is 0 Å². The fraction of sp³-hybridized carbons (Fsp3) is 0.231. The number of imidazole rings is 1. The minimum Gasteiger partial charge on any atom is -0.444 e. The lowest BCUT2D eigenvalue weighted by Crippen LogP contribution is -2.04. The highest BCUT2D eigenvalue weighted by atomic mass is 35.5. The van der Waals surface area contributed by atoms with Crippen molar-refractivity contribution < 1.29 is 13.2 Å². The molecule has 0 unspecified atom stereocenters. The predicted octanol–water partition coefficient (Wildman–Crippen LogP) is 3.40. The Morgan fingerprint density at radius 1 is 1.35 bits per heavy atom. The van der Waals surface area contributed by atoms with Crippen LogP contribution < -0.4 is 0 Å². The first-order valence-electron chi connectivity index (χ1n) is 5.90. The molecular formula is C13H10ClF2N3O. The van der Waals surface area contributed by atoms with Gasteiger partial charge in [0.05, 0.1) is 17.6 Å². The maximum Gasteiger partial charge on any atom is 0.214 e. The Morgan fingerprint density at radius 3 is 2.80 bits per heavy atom. The minimum atomic E-state index is -0.714. The summed E-state index contributed by atoms with van der Waals surface area (Å²) in [5.74, 6) is 0.221. The topological polar surface area (TPSA) is 43.9 Å². The molecule has 104 valence electrons. The number of benzene rings is 1. The van der Waals surface area contributed by atoms with Gasteiger partial charge in [0.15, 0.2) is 5.82 Å². The summed E-state index contributed by atoms with van der Waals surface area (Å²) in [6, 6.07) is 2.02.